The number of hydrogen-bond acceptors (Lipinski definition) is 6. The zero-order valence-electron chi connectivity index (χ0n) is 15.1. The molecule has 7 heteroatoms. The van der Waals surface area contributed by atoms with Crippen LogP contribution in [0, 0.1) is 5.92 Å². The Morgan fingerprint density at radius 2 is 2.00 bits per heavy atom. The molecule has 6 nitrogen and oxygen atoms in total. The first-order chi connectivity index (χ1) is 11.8. The van der Waals surface area contributed by atoms with Gasteiger partial charge in [-0.1, -0.05) is 12.8 Å². The molecule has 2 aromatic heterocycles. The highest BCUT2D eigenvalue weighted by Crippen LogP contribution is 2.42. The number of pyridine rings is 2. The fraction of sp³-hybridized carbons (Fsp3) is 0.556. The summed E-state index contributed by atoms with van der Waals surface area (Å²) in [5, 5.41) is 0. The molecular weight excluding hydrogens is 336 g/mol. The van der Waals surface area contributed by atoms with Crippen molar-refractivity contribution in [1.29, 1.82) is 0 Å². The predicted octanol–water partition coefficient (Wildman–Crippen LogP) is 2.45. The Morgan fingerprint density at radius 3 is 2.68 bits per heavy atom. The fourth-order valence-electron chi connectivity index (χ4n) is 4.02. The van der Waals surface area contributed by atoms with Gasteiger partial charge in [0.1, 0.15) is 10.4 Å². The van der Waals surface area contributed by atoms with Crippen molar-refractivity contribution in [3.8, 4) is 0 Å². The second-order valence-corrected chi connectivity index (χ2v) is 9.25. The Morgan fingerprint density at radius 1 is 1.28 bits per heavy atom. The van der Waals surface area contributed by atoms with Gasteiger partial charge in [0, 0.05) is 24.9 Å². The van der Waals surface area contributed by atoms with Crippen LogP contribution in [0.2, 0.25) is 0 Å². The van der Waals surface area contributed by atoms with Crippen LogP contribution in [0.3, 0.4) is 0 Å². The number of aromatic nitrogens is 2. The summed E-state index contributed by atoms with van der Waals surface area (Å²) in [6.45, 7) is 0.917. The van der Waals surface area contributed by atoms with Crippen LogP contribution in [0.25, 0.3) is 11.0 Å². The van der Waals surface area contributed by atoms with Crippen LogP contribution >= 0.6 is 0 Å². The van der Waals surface area contributed by atoms with Crippen molar-refractivity contribution in [3.63, 3.8) is 0 Å². The first-order valence-electron chi connectivity index (χ1n) is 8.68. The second kappa shape index (κ2) is 6.88. The molecule has 2 atom stereocenters. The number of anilines is 1. The van der Waals surface area contributed by atoms with Crippen LogP contribution in [0.5, 0.6) is 0 Å². The van der Waals surface area contributed by atoms with Gasteiger partial charge in [-0.05, 0) is 45.0 Å². The summed E-state index contributed by atoms with van der Waals surface area (Å²) in [4.78, 5) is 11.3. The van der Waals surface area contributed by atoms with Crippen LogP contribution < -0.4 is 5.73 Å². The van der Waals surface area contributed by atoms with Gasteiger partial charge in [-0.25, -0.2) is 13.4 Å². The molecule has 0 spiro atoms. The largest absolute Gasteiger partial charge is 0.396 e. The van der Waals surface area contributed by atoms with Gasteiger partial charge in [-0.3, -0.25) is 4.98 Å². The van der Waals surface area contributed by atoms with E-state index in [4.69, 9.17) is 10.7 Å². The van der Waals surface area contributed by atoms with Crippen molar-refractivity contribution in [3.05, 3.63) is 24.0 Å². The maximum absolute atomic E-state index is 12.5. The lowest BCUT2D eigenvalue weighted by atomic mass is 9.77. The molecule has 0 saturated heterocycles. The Labute approximate surface area is 149 Å². The van der Waals surface area contributed by atoms with Gasteiger partial charge in [0.2, 0.25) is 0 Å². The predicted molar refractivity (Wildman–Crippen MR) is 100 cm³/mol. The zero-order valence-corrected chi connectivity index (χ0v) is 15.9. The van der Waals surface area contributed by atoms with E-state index in [1.54, 1.807) is 12.3 Å². The molecule has 2 heterocycles. The minimum Gasteiger partial charge on any atom is -0.396 e. The van der Waals surface area contributed by atoms with Crippen LogP contribution in [-0.2, 0) is 9.84 Å². The van der Waals surface area contributed by atoms with Crippen LogP contribution in [0.1, 0.15) is 37.3 Å². The summed E-state index contributed by atoms with van der Waals surface area (Å²) in [5.41, 5.74) is 8.26. The van der Waals surface area contributed by atoms with Gasteiger partial charge in [0.15, 0.2) is 9.84 Å². The van der Waals surface area contributed by atoms with Crippen molar-refractivity contribution in [2.75, 3.05) is 32.6 Å². The fourth-order valence-corrected chi connectivity index (χ4v) is 5.09. The third kappa shape index (κ3) is 3.62. The lowest BCUT2D eigenvalue weighted by Gasteiger charge is -2.34. The number of nitrogen functional groups attached to an aromatic ring is 1. The smallest absolute Gasteiger partial charge is 0.179 e. The molecule has 2 aromatic rings. The minimum atomic E-state index is -3.50. The second-order valence-electron chi connectivity index (χ2n) is 7.30. The average molecular weight is 362 g/mol. The third-order valence-electron chi connectivity index (χ3n) is 4.99. The van der Waals surface area contributed by atoms with E-state index >= 15 is 0 Å². The Balaban J connectivity index is 2.22. The molecule has 0 aromatic carbocycles. The molecule has 1 aliphatic rings. The molecule has 1 saturated carbocycles. The van der Waals surface area contributed by atoms with Crippen molar-refractivity contribution < 1.29 is 8.42 Å². The summed E-state index contributed by atoms with van der Waals surface area (Å²) in [5.74, 6) is 0.484. The molecule has 2 N–H and O–H groups in total. The zero-order chi connectivity index (χ0) is 18.2. The number of fused-ring (bicyclic) bond motifs is 1. The van der Waals surface area contributed by atoms with Gasteiger partial charge in [0.05, 0.1) is 16.9 Å². The molecule has 0 radical (unpaired) electrons. The molecule has 25 heavy (non-hydrogen) atoms. The number of nitrogens with zero attached hydrogens (tertiary/aromatic N) is 3. The van der Waals surface area contributed by atoms with Crippen molar-refractivity contribution >= 4 is 26.6 Å². The average Bonchev–Trinajstić information content (AvgIpc) is 2.53. The summed E-state index contributed by atoms with van der Waals surface area (Å²) >= 11 is 0. The van der Waals surface area contributed by atoms with Gasteiger partial charge < -0.3 is 10.6 Å². The third-order valence-corrected chi connectivity index (χ3v) is 6.16. The van der Waals surface area contributed by atoms with Crippen LogP contribution in [-0.4, -0.2) is 50.2 Å². The number of rotatable bonds is 4. The van der Waals surface area contributed by atoms with Gasteiger partial charge >= 0.3 is 0 Å². The van der Waals surface area contributed by atoms with Gasteiger partial charge in [-0.2, -0.15) is 0 Å². The highest BCUT2D eigenvalue weighted by Gasteiger charge is 2.33. The van der Waals surface area contributed by atoms with E-state index in [-0.39, 0.29) is 16.5 Å². The normalized spacial score (nSPS) is 21.8. The quantitative estimate of drug-likeness (QED) is 0.899. The first-order valence-corrected chi connectivity index (χ1v) is 10.6. The van der Waals surface area contributed by atoms with E-state index in [0.29, 0.717) is 22.6 Å². The first kappa shape index (κ1) is 18.1. The standard InChI is InChI=1S/C18H26N4O2S/c1-22(2)11-12-7-4-5-8-13(12)16-18(25(3,23)24)15(19)17-14(21-16)9-6-10-20-17/h6,9-10,12-13H,4-5,7-8,11H2,1-3H3,(H2,19,21). The molecule has 0 aliphatic heterocycles. The molecule has 1 fully saturated rings. The highest BCUT2D eigenvalue weighted by atomic mass is 32.2. The summed E-state index contributed by atoms with van der Waals surface area (Å²) in [7, 11) is 0.604. The van der Waals surface area contributed by atoms with Crippen molar-refractivity contribution in [2.24, 2.45) is 5.92 Å². The maximum atomic E-state index is 12.5. The highest BCUT2D eigenvalue weighted by molar-refractivity contribution is 7.91. The molecule has 136 valence electrons. The lowest BCUT2D eigenvalue weighted by Crippen LogP contribution is -2.30. The monoisotopic (exact) mass is 362 g/mol. The van der Waals surface area contributed by atoms with Crippen molar-refractivity contribution in [2.45, 2.75) is 36.5 Å². The number of sulfone groups is 1. The summed E-state index contributed by atoms with van der Waals surface area (Å²) in [6.07, 6.45) is 7.11. The Kier molecular flexibility index (Phi) is 4.97. The molecule has 3 rings (SSSR count). The molecule has 0 bridgehead atoms. The van der Waals surface area contributed by atoms with E-state index < -0.39 is 9.84 Å². The van der Waals surface area contributed by atoms with E-state index in [9.17, 15) is 8.42 Å². The number of nitrogens with two attached hydrogens (primary N) is 1. The van der Waals surface area contributed by atoms with Crippen molar-refractivity contribution in [1.82, 2.24) is 14.9 Å². The van der Waals surface area contributed by atoms with Gasteiger partial charge in [0.25, 0.3) is 0 Å². The Hall–Kier alpha value is -1.73. The SMILES string of the molecule is CN(C)CC1CCCCC1c1nc2cccnc2c(N)c1S(C)(=O)=O. The van der Waals surface area contributed by atoms with E-state index in [2.05, 4.69) is 24.0 Å². The maximum Gasteiger partial charge on any atom is 0.179 e. The lowest BCUT2D eigenvalue weighted by molar-refractivity contribution is 0.229. The summed E-state index contributed by atoms with van der Waals surface area (Å²) < 4.78 is 25.1. The molecule has 0 amide bonds. The van der Waals surface area contributed by atoms with E-state index in [1.807, 2.05) is 6.07 Å². The van der Waals surface area contributed by atoms with Gasteiger partial charge in [-0.15, -0.1) is 0 Å². The number of hydrogen-bond donors (Lipinski definition) is 1. The topological polar surface area (TPSA) is 89.2 Å². The Bertz CT molecular complexity index is 880. The van der Waals surface area contributed by atoms with Crippen LogP contribution in [0.15, 0.2) is 23.2 Å². The minimum absolute atomic E-state index is 0.104. The molecular formula is C18H26N4O2S. The van der Waals surface area contributed by atoms with E-state index in [1.165, 1.54) is 12.7 Å². The van der Waals surface area contributed by atoms with E-state index in [0.717, 1.165) is 25.8 Å². The summed E-state index contributed by atoms with van der Waals surface area (Å²) in [6, 6.07) is 3.65. The van der Waals surface area contributed by atoms with Crippen LogP contribution in [0.4, 0.5) is 5.69 Å². The molecule has 2 unspecified atom stereocenters. The molecule has 1 aliphatic carbocycles.